The summed E-state index contributed by atoms with van der Waals surface area (Å²) in [4.78, 5) is 7.43. The summed E-state index contributed by atoms with van der Waals surface area (Å²) in [7, 11) is 0. The lowest BCUT2D eigenvalue weighted by molar-refractivity contribution is 0.145. The molecular formula is C7H9F2N3. The zero-order valence-corrected chi connectivity index (χ0v) is 6.59. The minimum absolute atomic E-state index is 0.156. The third kappa shape index (κ3) is 1.94. The van der Waals surface area contributed by atoms with E-state index in [9.17, 15) is 8.78 Å². The van der Waals surface area contributed by atoms with Crippen LogP contribution in [0.25, 0.3) is 0 Å². The molecule has 1 rings (SSSR count). The maximum absolute atomic E-state index is 12.1. The second-order valence-electron chi connectivity index (χ2n) is 2.34. The maximum Gasteiger partial charge on any atom is 0.280 e. The number of alkyl halides is 2. The minimum atomic E-state index is -2.56. The SMILES string of the molecule is Cc1nc(CN)cc(C(F)F)n1. The van der Waals surface area contributed by atoms with Crippen LogP contribution < -0.4 is 5.73 Å². The van der Waals surface area contributed by atoms with Crippen molar-refractivity contribution in [3.05, 3.63) is 23.3 Å². The number of halogens is 2. The zero-order chi connectivity index (χ0) is 9.14. The minimum Gasteiger partial charge on any atom is -0.325 e. The molecule has 0 unspecified atom stereocenters. The maximum atomic E-state index is 12.1. The summed E-state index contributed by atoms with van der Waals surface area (Å²) in [5.41, 5.74) is 5.43. The van der Waals surface area contributed by atoms with Crippen molar-refractivity contribution in [2.75, 3.05) is 0 Å². The normalized spacial score (nSPS) is 10.8. The average molecular weight is 173 g/mol. The van der Waals surface area contributed by atoms with Gasteiger partial charge in [0.05, 0.1) is 5.69 Å². The molecule has 0 aromatic carbocycles. The van der Waals surface area contributed by atoms with Gasteiger partial charge in [-0.1, -0.05) is 0 Å². The number of aromatic nitrogens is 2. The van der Waals surface area contributed by atoms with Crippen LogP contribution >= 0.6 is 0 Å². The number of nitrogens with two attached hydrogens (primary N) is 1. The molecular weight excluding hydrogens is 164 g/mol. The summed E-state index contributed by atoms with van der Waals surface area (Å²) in [5.74, 6) is 0.327. The first-order valence-corrected chi connectivity index (χ1v) is 3.46. The van der Waals surface area contributed by atoms with Crippen molar-refractivity contribution in [3.8, 4) is 0 Å². The lowest BCUT2D eigenvalue weighted by Gasteiger charge is -2.02. The van der Waals surface area contributed by atoms with E-state index in [0.717, 1.165) is 0 Å². The van der Waals surface area contributed by atoms with E-state index in [1.807, 2.05) is 0 Å². The Bertz CT molecular complexity index is 275. The van der Waals surface area contributed by atoms with Gasteiger partial charge in [0.15, 0.2) is 0 Å². The van der Waals surface area contributed by atoms with Crippen LogP contribution in [-0.2, 0) is 6.54 Å². The Morgan fingerprint density at radius 1 is 1.50 bits per heavy atom. The van der Waals surface area contributed by atoms with Gasteiger partial charge >= 0.3 is 0 Å². The summed E-state index contributed by atoms with van der Waals surface area (Å²) in [6.07, 6.45) is -2.56. The van der Waals surface area contributed by atoms with Crippen LogP contribution in [0.15, 0.2) is 6.07 Å². The first-order valence-electron chi connectivity index (χ1n) is 3.46. The van der Waals surface area contributed by atoms with Crippen LogP contribution in [0.2, 0.25) is 0 Å². The number of hydrogen-bond acceptors (Lipinski definition) is 3. The van der Waals surface area contributed by atoms with Crippen molar-refractivity contribution < 1.29 is 8.78 Å². The molecule has 0 radical (unpaired) electrons. The fourth-order valence-corrected chi connectivity index (χ4v) is 0.871. The van der Waals surface area contributed by atoms with E-state index < -0.39 is 6.43 Å². The fourth-order valence-electron chi connectivity index (χ4n) is 0.871. The van der Waals surface area contributed by atoms with E-state index >= 15 is 0 Å². The van der Waals surface area contributed by atoms with E-state index in [0.29, 0.717) is 11.5 Å². The molecule has 3 nitrogen and oxygen atoms in total. The first kappa shape index (κ1) is 8.99. The average Bonchev–Trinajstić information content (AvgIpc) is 2.03. The molecule has 0 saturated carbocycles. The second-order valence-corrected chi connectivity index (χ2v) is 2.34. The molecule has 0 bridgehead atoms. The molecule has 0 aliphatic rings. The molecule has 0 aliphatic carbocycles. The topological polar surface area (TPSA) is 51.8 Å². The van der Waals surface area contributed by atoms with Crippen molar-refractivity contribution >= 4 is 0 Å². The third-order valence-electron chi connectivity index (χ3n) is 1.34. The van der Waals surface area contributed by atoms with Gasteiger partial charge in [-0.15, -0.1) is 0 Å². The predicted molar refractivity (Wildman–Crippen MR) is 39.6 cm³/mol. The van der Waals surface area contributed by atoms with Gasteiger partial charge < -0.3 is 5.73 Å². The summed E-state index contributed by atoms with van der Waals surface area (Å²) in [5, 5.41) is 0. The molecule has 0 fully saturated rings. The molecule has 0 saturated heterocycles. The Labute approximate surface area is 68.6 Å². The number of rotatable bonds is 2. The monoisotopic (exact) mass is 173 g/mol. The van der Waals surface area contributed by atoms with Crippen LogP contribution in [0.5, 0.6) is 0 Å². The Morgan fingerprint density at radius 2 is 2.17 bits per heavy atom. The summed E-state index contributed by atoms with van der Waals surface area (Å²) in [6.45, 7) is 1.72. The molecule has 2 N–H and O–H groups in total. The molecule has 1 aromatic heterocycles. The Kier molecular flexibility index (Phi) is 2.65. The van der Waals surface area contributed by atoms with Crippen LogP contribution in [0, 0.1) is 6.92 Å². The summed E-state index contributed by atoms with van der Waals surface area (Å²) >= 11 is 0. The van der Waals surface area contributed by atoms with Crippen molar-refractivity contribution in [3.63, 3.8) is 0 Å². The van der Waals surface area contributed by atoms with Crippen LogP contribution in [0.3, 0.4) is 0 Å². The molecule has 5 heteroatoms. The highest BCUT2D eigenvalue weighted by atomic mass is 19.3. The quantitative estimate of drug-likeness (QED) is 0.730. The predicted octanol–water partition coefficient (Wildman–Crippen LogP) is 1.18. The Hall–Kier alpha value is -1.10. The van der Waals surface area contributed by atoms with E-state index in [1.165, 1.54) is 6.07 Å². The highest BCUT2D eigenvalue weighted by Crippen LogP contribution is 2.16. The van der Waals surface area contributed by atoms with Gasteiger partial charge in [0, 0.05) is 6.54 Å². The number of hydrogen-bond donors (Lipinski definition) is 1. The third-order valence-corrected chi connectivity index (χ3v) is 1.34. The van der Waals surface area contributed by atoms with Gasteiger partial charge in [0.2, 0.25) is 0 Å². The Morgan fingerprint density at radius 3 is 2.67 bits per heavy atom. The fraction of sp³-hybridized carbons (Fsp3) is 0.429. The molecule has 12 heavy (non-hydrogen) atoms. The highest BCUT2D eigenvalue weighted by molar-refractivity contribution is 5.11. The molecule has 1 heterocycles. The van der Waals surface area contributed by atoms with E-state index in [4.69, 9.17) is 5.73 Å². The van der Waals surface area contributed by atoms with Crippen molar-refractivity contribution in [1.82, 2.24) is 9.97 Å². The van der Waals surface area contributed by atoms with Gasteiger partial charge in [0.25, 0.3) is 6.43 Å². The van der Waals surface area contributed by atoms with Crippen molar-refractivity contribution in [1.29, 1.82) is 0 Å². The lowest BCUT2D eigenvalue weighted by Crippen LogP contribution is -2.05. The molecule has 0 aliphatic heterocycles. The van der Waals surface area contributed by atoms with E-state index in [1.54, 1.807) is 6.92 Å². The van der Waals surface area contributed by atoms with Gasteiger partial charge in [-0.3, -0.25) is 0 Å². The molecule has 0 amide bonds. The van der Waals surface area contributed by atoms with Gasteiger partial charge in [0.1, 0.15) is 11.5 Å². The van der Waals surface area contributed by atoms with Crippen molar-refractivity contribution in [2.45, 2.75) is 19.9 Å². The van der Waals surface area contributed by atoms with Gasteiger partial charge in [-0.2, -0.15) is 0 Å². The summed E-state index contributed by atoms with van der Waals surface area (Å²) in [6, 6.07) is 1.22. The van der Waals surface area contributed by atoms with E-state index in [-0.39, 0.29) is 12.2 Å². The standard InChI is InChI=1S/C7H9F2N3/c1-4-11-5(3-10)2-6(12-4)7(8)9/h2,7H,3,10H2,1H3. The molecule has 66 valence electrons. The van der Waals surface area contributed by atoms with Crippen LogP contribution in [0.4, 0.5) is 8.78 Å². The van der Waals surface area contributed by atoms with Crippen LogP contribution in [0.1, 0.15) is 23.6 Å². The van der Waals surface area contributed by atoms with E-state index in [2.05, 4.69) is 9.97 Å². The lowest BCUT2D eigenvalue weighted by atomic mass is 10.3. The van der Waals surface area contributed by atoms with Crippen molar-refractivity contribution in [2.24, 2.45) is 5.73 Å². The first-order chi connectivity index (χ1) is 5.63. The number of aryl methyl sites for hydroxylation is 1. The van der Waals surface area contributed by atoms with Gasteiger partial charge in [-0.25, -0.2) is 18.7 Å². The molecule has 1 aromatic rings. The highest BCUT2D eigenvalue weighted by Gasteiger charge is 2.10. The summed E-state index contributed by atoms with van der Waals surface area (Å²) < 4.78 is 24.3. The number of nitrogens with zero attached hydrogens (tertiary/aromatic N) is 2. The molecule has 0 atom stereocenters. The van der Waals surface area contributed by atoms with Crippen LogP contribution in [-0.4, -0.2) is 9.97 Å². The Balaban J connectivity index is 3.06. The second kappa shape index (κ2) is 3.53. The molecule has 0 spiro atoms. The largest absolute Gasteiger partial charge is 0.325 e. The smallest absolute Gasteiger partial charge is 0.280 e. The zero-order valence-electron chi connectivity index (χ0n) is 6.59. The van der Waals surface area contributed by atoms with Gasteiger partial charge in [-0.05, 0) is 13.0 Å².